The molecule has 0 atom stereocenters. The zero-order valence-corrected chi connectivity index (χ0v) is 15.7. The fourth-order valence-electron chi connectivity index (χ4n) is 3.38. The summed E-state index contributed by atoms with van der Waals surface area (Å²) in [5, 5.41) is 40.0. The quantitative estimate of drug-likeness (QED) is 0.509. The third-order valence-electron chi connectivity index (χ3n) is 4.94. The van der Waals surface area contributed by atoms with Gasteiger partial charge in [-0.2, -0.15) is 0 Å². The second-order valence-corrected chi connectivity index (χ2v) is 7.16. The Bertz CT molecular complexity index is 1010. The van der Waals surface area contributed by atoms with E-state index in [2.05, 4.69) is 0 Å². The number of phenolic OH excluding ortho intramolecular Hbond substituents is 4. The Labute approximate surface area is 159 Å². The Kier molecular flexibility index (Phi) is 5.00. The molecule has 0 aliphatic heterocycles. The summed E-state index contributed by atoms with van der Waals surface area (Å²) in [7, 11) is 0. The molecule has 0 radical (unpaired) electrons. The Morgan fingerprint density at radius 2 is 1.15 bits per heavy atom. The molecule has 27 heavy (non-hydrogen) atoms. The average molecular weight is 364 g/mol. The SMILES string of the molecule is Cc1cc(Cc2cc(O)ccc2C)c(O)c(Cc2cc(O)c(O)cc2C)c1. The first-order chi connectivity index (χ1) is 12.7. The van der Waals surface area contributed by atoms with Gasteiger partial charge < -0.3 is 20.4 Å². The van der Waals surface area contributed by atoms with Crippen LogP contribution in [-0.2, 0) is 12.8 Å². The summed E-state index contributed by atoms with van der Waals surface area (Å²) in [6.07, 6.45) is 0.958. The van der Waals surface area contributed by atoms with Crippen molar-refractivity contribution in [3.05, 3.63) is 81.4 Å². The van der Waals surface area contributed by atoms with E-state index in [0.717, 1.165) is 38.9 Å². The first kappa shape index (κ1) is 18.6. The molecule has 4 nitrogen and oxygen atoms in total. The van der Waals surface area contributed by atoms with Crippen molar-refractivity contribution in [3.63, 3.8) is 0 Å². The Balaban J connectivity index is 1.99. The van der Waals surface area contributed by atoms with Crippen LogP contribution in [0, 0.1) is 20.8 Å². The lowest BCUT2D eigenvalue weighted by atomic mass is 9.92. The number of aromatic hydroxyl groups is 4. The smallest absolute Gasteiger partial charge is 0.157 e. The number of phenols is 4. The maximum absolute atomic E-state index is 10.8. The molecule has 0 aliphatic rings. The van der Waals surface area contributed by atoms with Crippen LogP contribution < -0.4 is 0 Å². The van der Waals surface area contributed by atoms with Gasteiger partial charge in [0, 0.05) is 12.8 Å². The highest BCUT2D eigenvalue weighted by Crippen LogP contribution is 2.33. The first-order valence-corrected chi connectivity index (χ1v) is 8.86. The van der Waals surface area contributed by atoms with E-state index < -0.39 is 0 Å². The van der Waals surface area contributed by atoms with Crippen LogP contribution in [-0.4, -0.2) is 20.4 Å². The van der Waals surface area contributed by atoms with E-state index >= 15 is 0 Å². The standard InChI is InChI=1S/C23H24O4/c1-13-6-18(9-16-11-20(24)5-4-14(16)2)23(27)19(7-13)10-17-12-22(26)21(25)8-15(17)3/h4-8,11-12,24-27H,9-10H2,1-3H3. The second kappa shape index (κ2) is 7.23. The number of benzene rings is 3. The molecule has 3 rings (SSSR count). The van der Waals surface area contributed by atoms with Gasteiger partial charge >= 0.3 is 0 Å². The summed E-state index contributed by atoms with van der Waals surface area (Å²) in [6, 6.07) is 12.2. The van der Waals surface area contributed by atoms with Gasteiger partial charge in [-0.3, -0.25) is 0 Å². The zero-order valence-electron chi connectivity index (χ0n) is 15.7. The van der Waals surface area contributed by atoms with E-state index in [1.807, 2.05) is 39.0 Å². The van der Waals surface area contributed by atoms with Crippen molar-refractivity contribution in [1.82, 2.24) is 0 Å². The molecule has 0 spiro atoms. The molecule has 0 amide bonds. The number of aryl methyl sites for hydroxylation is 3. The molecule has 0 aliphatic carbocycles. The van der Waals surface area contributed by atoms with E-state index in [4.69, 9.17) is 0 Å². The van der Waals surface area contributed by atoms with Crippen molar-refractivity contribution < 1.29 is 20.4 Å². The monoisotopic (exact) mass is 364 g/mol. The van der Waals surface area contributed by atoms with Crippen molar-refractivity contribution in [1.29, 1.82) is 0 Å². The lowest BCUT2D eigenvalue weighted by molar-refractivity contribution is 0.402. The van der Waals surface area contributed by atoms with E-state index in [9.17, 15) is 20.4 Å². The van der Waals surface area contributed by atoms with Crippen LogP contribution in [0.3, 0.4) is 0 Å². The van der Waals surface area contributed by atoms with Gasteiger partial charge in [-0.25, -0.2) is 0 Å². The largest absolute Gasteiger partial charge is 0.508 e. The lowest BCUT2D eigenvalue weighted by Gasteiger charge is -2.15. The van der Waals surface area contributed by atoms with Gasteiger partial charge in [0.1, 0.15) is 11.5 Å². The van der Waals surface area contributed by atoms with Gasteiger partial charge in [0.05, 0.1) is 0 Å². The van der Waals surface area contributed by atoms with Crippen LogP contribution in [0.1, 0.15) is 38.9 Å². The Morgan fingerprint density at radius 1 is 0.593 bits per heavy atom. The molecule has 0 saturated carbocycles. The van der Waals surface area contributed by atoms with Crippen molar-refractivity contribution in [3.8, 4) is 23.0 Å². The molecule has 4 heteroatoms. The number of rotatable bonds is 4. The highest BCUT2D eigenvalue weighted by Gasteiger charge is 2.14. The van der Waals surface area contributed by atoms with E-state index in [0.29, 0.717) is 12.8 Å². The van der Waals surface area contributed by atoms with Gasteiger partial charge in [0.15, 0.2) is 11.5 Å². The average Bonchev–Trinajstić information content (AvgIpc) is 2.60. The summed E-state index contributed by atoms with van der Waals surface area (Å²) in [4.78, 5) is 0. The van der Waals surface area contributed by atoms with Gasteiger partial charge in [-0.15, -0.1) is 0 Å². The van der Waals surface area contributed by atoms with E-state index in [1.165, 1.54) is 12.1 Å². The highest BCUT2D eigenvalue weighted by atomic mass is 16.3. The van der Waals surface area contributed by atoms with E-state index in [1.54, 1.807) is 12.1 Å². The van der Waals surface area contributed by atoms with Crippen molar-refractivity contribution in [2.24, 2.45) is 0 Å². The third kappa shape index (κ3) is 4.00. The van der Waals surface area contributed by atoms with Crippen molar-refractivity contribution in [2.45, 2.75) is 33.6 Å². The molecule has 0 fully saturated rings. The minimum Gasteiger partial charge on any atom is -0.508 e. The van der Waals surface area contributed by atoms with Crippen LogP contribution >= 0.6 is 0 Å². The molecule has 0 heterocycles. The first-order valence-electron chi connectivity index (χ1n) is 8.86. The van der Waals surface area contributed by atoms with Gasteiger partial charge in [-0.05, 0) is 78.4 Å². The van der Waals surface area contributed by atoms with Crippen LogP contribution in [0.2, 0.25) is 0 Å². The molecule has 140 valence electrons. The predicted molar refractivity (Wildman–Crippen MR) is 106 cm³/mol. The maximum Gasteiger partial charge on any atom is 0.157 e. The predicted octanol–water partition coefficient (Wildman–Crippen LogP) is 4.62. The Hall–Kier alpha value is -3.14. The number of hydrogen-bond donors (Lipinski definition) is 4. The Morgan fingerprint density at radius 3 is 1.78 bits per heavy atom. The molecule has 0 aromatic heterocycles. The molecule has 0 saturated heterocycles. The molecule has 4 N–H and O–H groups in total. The fourth-order valence-corrected chi connectivity index (χ4v) is 3.38. The van der Waals surface area contributed by atoms with Gasteiger partial charge in [0.25, 0.3) is 0 Å². The van der Waals surface area contributed by atoms with Crippen LogP contribution in [0.4, 0.5) is 0 Å². The normalized spacial score (nSPS) is 10.9. The summed E-state index contributed by atoms with van der Waals surface area (Å²) in [6.45, 7) is 5.81. The maximum atomic E-state index is 10.8. The summed E-state index contributed by atoms with van der Waals surface area (Å²) in [5.41, 5.74) is 6.27. The zero-order chi connectivity index (χ0) is 19.7. The lowest BCUT2D eigenvalue weighted by Crippen LogP contribution is -1.99. The van der Waals surface area contributed by atoms with E-state index in [-0.39, 0.29) is 23.0 Å². The molecular formula is C23H24O4. The van der Waals surface area contributed by atoms with Crippen LogP contribution in [0.25, 0.3) is 0 Å². The minimum atomic E-state index is -0.168. The molecule has 0 bridgehead atoms. The van der Waals surface area contributed by atoms with Crippen molar-refractivity contribution >= 4 is 0 Å². The molecule has 3 aromatic carbocycles. The topological polar surface area (TPSA) is 80.9 Å². The van der Waals surface area contributed by atoms with Gasteiger partial charge in [0.2, 0.25) is 0 Å². The van der Waals surface area contributed by atoms with Gasteiger partial charge in [-0.1, -0.05) is 23.8 Å². The molecule has 3 aromatic rings. The summed E-state index contributed by atoms with van der Waals surface area (Å²) < 4.78 is 0. The third-order valence-corrected chi connectivity index (χ3v) is 4.94. The molecular weight excluding hydrogens is 340 g/mol. The summed E-state index contributed by atoms with van der Waals surface area (Å²) >= 11 is 0. The highest BCUT2D eigenvalue weighted by molar-refractivity contribution is 5.52. The number of hydrogen-bond acceptors (Lipinski definition) is 4. The van der Waals surface area contributed by atoms with Crippen LogP contribution in [0.5, 0.6) is 23.0 Å². The summed E-state index contributed by atoms with van der Waals surface area (Å²) in [5.74, 6) is 0.108. The fraction of sp³-hybridized carbons (Fsp3) is 0.217. The minimum absolute atomic E-state index is 0.148. The van der Waals surface area contributed by atoms with Crippen molar-refractivity contribution in [2.75, 3.05) is 0 Å². The second-order valence-electron chi connectivity index (χ2n) is 7.16. The van der Waals surface area contributed by atoms with Crippen LogP contribution in [0.15, 0.2) is 42.5 Å². The molecule has 0 unspecified atom stereocenters.